The van der Waals surface area contributed by atoms with Crippen molar-refractivity contribution in [2.45, 2.75) is 57.4 Å². The van der Waals surface area contributed by atoms with Crippen LogP contribution < -0.4 is 11.1 Å². The van der Waals surface area contributed by atoms with E-state index in [9.17, 15) is 14.4 Å². The number of carbonyl (C=O) groups is 1. The highest BCUT2D eigenvalue weighted by Crippen LogP contribution is 2.29. The third-order valence-electron chi connectivity index (χ3n) is 6.43. The Morgan fingerprint density at radius 1 is 1.07 bits per heavy atom. The van der Waals surface area contributed by atoms with Gasteiger partial charge in [0.2, 0.25) is 0 Å². The number of hydrogen-bond donors (Lipinski definition) is 1. The third kappa shape index (κ3) is 3.99. The number of para-hydroxylation sites is 2. The zero-order chi connectivity index (χ0) is 21.1. The molecule has 2 heterocycles. The molecule has 7 nitrogen and oxygen atoms in total. The van der Waals surface area contributed by atoms with Crippen molar-refractivity contribution in [2.75, 3.05) is 20.2 Å². The Bertz CT molecular complexity index is 1070. The van der Waals surface area contributed by atoms with Crippen LogP contribution in [0.25, 0.3) is 16.7 Å². The molecule has 0 saturated heterocycles. The normalized spacial score (nSPS) is 19.5. The lowest BCUT2D eigenvalue weighted by Gasteiger charge is -2.37. The van der Waals surface area contributed by atoms with E-state index in [1.54, 1.807) is 18.2 Å². The number of nitrogens with zero attached hydrogens (tertiary/aromatic N) is 2. The minimum absolute atomic E-state index is 0.434. The van der Waals surface area contributed by atoms with Gasteiger partial charge >= 0.3 is 17.1 Å². The molecule has 160 valence electrons. The zero-order valence-corrected chi connectivity index (χ0v) is 17.5. The fraction of sp³-hybridized carbons (Fsp3) is 0.522. The van der Waals surface area contributed by atoms with E-state index in [0.717, 1.165) is 19.4 Å². The molecule has 1 fully saturated rings. The third-order valence-corrected chi connectivity index (χ3v) is 6.43. The van der Waals surface area contributed by atoms with Gasteiger partial charge in [-0.25, -0.2) is 4.79 Å². The number of aromatic nitrogens is 2. The number of ether oxygens (including phenoxy) is 1. The van der Waals surface area contributed by atoms with E-state index in [-0.39, 0.29) is 0 Å². The SMILES string of the molecule is COC(=O)C1=C(n2c(=O)c(=O)[nH]c3ccccc32)CCN(C2CCCCCCC2)C1. The summed E-state index contributed by atoms with van der Waals surface area (Å²) < 4.78 is 6.49. The monoisotopic (exact) mass is 411 g/mol. The summed E-state index contributed by atoms with van der Waals surface area (Å²) in [6.07, 6.45) is 9.06. The van der Waals surface area contributed by atoms with Gasteiger partial charge in [0.15, 0.2) is 0 Å². The average molecular weight is 412 g/mol. The fourth-order valence-electron chi connectivity index (χ4n) is 4.87. The maximum absolute atomic E-state index is 12.8. The number of rotatable bonds is 3. The van der Waals surface area contributed by atoms with Crippen LogP contribution in [0.3, 0.4) is 0 Å². The predicted molar refractivity (Wildman–Crippen MR) is 116 cm³/mol. The molecule has 1 aromatic heterocycles. The van der Waals surface area contributed by atoms with Crippen LogP contribution in [0.5, 0.6) is 0 Å². The van der Waals surface area contributed by atoms with Gasteiger partial charge in [0.1, 0.15) is 0 Å². The van der Waals surface area contributed by atoms with Gasteiger partial charge in [-0.1, -0.05) is 44.2 Å². The Kier molecular flexibility index (Phi) is 6.18. The molecule has 1 aliphatic heterocycles. The minimum Gasteiger partial charge on any atom is -0.466 e. The average Bonchev–Trinajstić information content (AvgIpc) is 2.74. The molecule has 0 radical (unpaired) electrons. The second-order valence-corrected chi connectivity index (χ2v) is 8.25. The molecule has 2 aliphatic rings. The second kappa shape index (κ2) is 9.00. The Morgan fingerprint density at radius 2 is 1.77 bits per heavy atom. The second-order valence-electron chi connectivity index (χ2n) is 8.25. The zero-order valence-electron chi connectivity index (χ0n) is 17.5. The van der Waals surface area contributed by atoms with E-state index >= 15 is 0 Å². The topological polar surface area (TPSA) is 84.4 Å². The highest BCUT2D eigenvalue weighted by atomic mass is 16.5. The van der Waals surface area contributed by atoms with Crippen LogP contribution in [0.4, 0.5) is 0 Å². The van der Waals surface area contributed by atoms with E-state index in [2.05, 4.69) is 9.88 Å². The predicted octanol–water partition coefficient (Wildman–Crippen LogP) is 2.89. The lowest BCUT2D eigenvalue weighted by Crippen LogP contribution is -2.44. The molecule has 1 N–H and O–H groups in total. The number of methoxy groups -OCH3 is 1. The van der Waals surface area contributed by atoms with Crippen molar-refractivity contribution in [1.82, 2.24) is 14.5 Å². The fourth-order valence-corrected chi connectivity index (χ4v) is 4.87. The summed E-state index contributed by atoms with van der Waals surface area (Å²) in [4.78, 5) is 42.8. The van der Waals surface area contributed by atoms with E-state index in [1.165, 1.54) is 43.8 Å². The van der Waals surface area contributed by atoms with Crippen molar-refractivity contribution < 1.29 is 9.53 Å². The first-order valence-electron chi connectivity index (χ1n) is 10.9. The Hall–Kier alpha value is -2.67. The molecular formula is C23H29N3O4. The number of carbonyl (C=O) groups excluding carboxylic acids is 1. The number of benzene rings is 1. The molecule has 0 amide bonds. The van der Waals surface area contributed by atoms with E-state index in [4.69, 9.17) is 4.74 Å². The summed E-state index contributed by atoms with van der Waals surface area (Å²) in [7, 11) is 1.36. The maximum Gasteiger partial charge on any atom is 0.336 e. The number of fused-ring (bicyclic) bond motifs is 1. The molecule has 1 aromatic carbocycles. The van der Waals surface area contributed by atoms with Crippen molar-refractivity contribution >= 4 is 22.7 Å². The van der Waals surface area contributed by atoms with E-state index < -0.39 is 17.1 Å². The molecule has 2 aromatic rings. The van der Waals surface area contributed by atoms with Gasteiger partial charge in [0.25, 0.3) is 0 Å². The highest BCUT2D eigenvalue weighted by molar-refractivity contribution is 5.96. The first kappa shape index (κ1) is 20.6. The van der Waals surface area contributed by atoms with Crippen molar-refractivity contribution in [2.24, 2.45) is 0 Å². The summed E-state index contributed by atoms with van der Waals surface area (Å²) >= 11 is 0. The van der Waals surface area contributed by atoms with Crippen LogP contribution in [0, 0.1) is 0 Å². The largest absolute Gasteiger partial charge is 0.466 e. The molecule has 0 bridgehead atoms. The first-order valence-corrected chi connectivity index (χ1v) is 10.9. The molecule has 0 spiro atoms. The number of esters is 1. The highest BCUT2D eigenvalue weighted by Gasteiger charge is 2.31. The van der Waals surface area contributed by atoms with Crippen molar-refractivity contribution in [3.63, 3.8) is 0 Å². The Morgan fingerprint density at radius 3 is 2.50 bits per heavy atom. The smallest absolute Gasteiger partial charge is 0.336 e. The summed E-state index contributed by atoms with van der Waals surface area (Å²) in [6.45, 7) is 1.20. The van der Waals surface area contributed by atoms with Gasteiger partial charge in [-0.2, -0.15) is 0 Å². The maximum atomic E-state index is 12.8. The molecule has 1 aliphatic carbocycles. The first-order chi connectivity index (χ1) is 14.6. The summed E-state index contributed by atoms with van der Waals surface area (Å²) in [5.74, 6) is -0.434. The quantitative estimate of drug-likeness (QED) is 0.620. The van der Waals surface area contributed by atoms with Gasteiger partial charge in [-0.3, -0.25) is 19.1 Å². The van der Waals surface area contributed by atoms with Crippen LogP contribution in [-0.4, -0.2) is 46.7 Å². The summed E-state index contributed by atoms with van der Waals surface area (Å²) in [5.41, 5.74) is 0.872. The van der Waals surface area contributed by atoms with Crippen molar-refractivity contribution in [3.8, 4) is 0 Å². The summed E-state index contributed by atoms with van der Waals surface area (Å²) in [5, 5.41) is 0. The number of aromatic amines is 1. The van der Waals surface area contributed by atoms with E-state index in [0.29, 0.717) is 41.3 Å². The van der Waals surface area contributed by atoms with Crippen LogP contribution >= 0.6 is 0 Å². The van der Waals surface area contributed by atoms with Gasteiger partial charge in [0, 0.05) is 31.2 Å². The standard InChI is InChI=1S/C23H29N3O4/c1-30-23(29)17-15-25(16-9-5-3-2-4-6-10-16)14-13-19(17)26-20-12-8-7-11-18(20)24-21(27)22(26)28/h7-8,11-12,16H,2-6,9-10,13-15H2,1H3,(H,24,27). The molecule has 4 rings (SSSR count). The number of hydrogen-bond acceptors (Lipinski definition) is 5. The van der Waals surface area contributed by atoms with Gasteiger partial charge in [-0.15, -0.1) is 0 Å². The molecule has 0 unspecified atom stereocenters. The lowest BCUT2D eigenvalue weighted by molar-refractivity contribution is -0.136. The summed E-state index contributed by atoms with van der Waals surface area (Å²) in [6, 6.07) is 7.61. The molecule has 1 saturated carbocycles. The lowest BCUT2D eigenvalue weighted by atomic mass is 9.93. The number of H-pyrrole nitrogens is 1. The minimum atomic E-state index is -0.687. The molecule has 30 heavy (non-hydrogen) atoms. The van der Waals surface area contributed by atoms with Crippen LogP contribution in [0.1, 0.15) is 51.4 Å². The van der Waals surface area contributed by atoms with Crippen LogP contribution in [0.15, 0.2) is 39.4 Å². The van der Waals surface area contributed by atoms with Crippen molar-refractivity contribution in [3.05, 3.63) is 50.5 Å². The Balaban J connectivity index is 1.79. The molecule has 0 atom stereocenters. The van der Waals surface area contributed by atoms with E-state index in [1.807, 2.05) is 6.07 Å². The van der Waals surface area contributed by atoms with Crippen LogP contribution in [-0.2, 0) is 9.53 Å². The van der Waals surface area contributed by atoms with Crippen LogP contribution in [0.2, 0.25) is 0 Å². The van der Waals surface area contributed by atoms with Gasteiger partial charge in [0.05, 0.1) is 23.7 Å². The van der Waals surface area contributed by atoms with Gasteiger partial charge < -0.3 is 9.72 Å². The number of nitrogens with one attached hydrogen (secondary N) is 1. The Labute approximate surface area is 175 Å². The molecular weight excluding hydrogens is 382 g/mol. The van der Waals surface area contributed by atoms with Crippen molar-refractivity contribution in [1.29, 1.82) is 0 Å². The van der Waals surface area contributed by atoms with Gasteiger partial charge in [-0.05, 0) is 25.0 Å². The molecule has 7 heteroatoms.